The van der Waals surface area contributed by atoms with Crippen LogP contribution in [0.5, 0.6) is 0 Å². The average molecular weight is 293 g/mol. The van der Waals surface area contributed by atoms with Crippen LogP contribution < -0.4 is 5.32 Å². The molecule has 2 N–H and O–H groups in total. The van der Waals surface area contributed by atoms with E-state index in [0.29, 0.717) is 31.6 Å². The van der Waals surface area contributed by atoms with Gasteiger partial charge in [-0.15, -0.1) is 0 Å². The summed E-state index contributed by atoms with van der Waals surface area (Å²) >= 11 is 0. The number of benzene rings is 1. The monoisotopic (exact) mass is 293 g/mol. The fraction of sp³-hybridized carbons (Fsp3) is 0.467. The van der Waals surface area contributed by atoms with Gasteiger partial charge in [0.25, 0.3) is 5.91 Å². The Morgan fingerprint density at radius 2 is 2.05 bits per heavy atom. The maximum Gasteiger partial charge on any atom is 0.332 e. The highest BCUT2D eigenvalue weighted by Gasteiger charge is 2.34. The zero-order valence-corrected chi connectivity index (χ0v) is 11.9. The lowest BCUT2D eigenvalue weighted by Gasteiger charge is -2.14. The number of para-hydroxylation sites is 1. The molecule has 1 aromatic rings. The van der Waals surface area contributed by atoms with Crippen molar-refractivity contribution in [2.45, 2.75) is 31.5 Å². The van der Waals surface area contributed by atoms with Crippen molar-refractivity contribution >= 4 is 17.6 Å². The van der Waals surface area contributed by atoms with Crippen LogP contribution in [-0.2, 0) is 25.5 Å². The molecule has 1 aromatic carbocycles. The Balaban J connectivity index is 1.98. The fourth-order valence-corrected chi connectivity index (χ4v) is 2.30. The van der Waals surface area contributed by atoms with E-state index in [4.69, 9.17) is 14.6 Å². The predicted octanol–water partition coefficient (Wildman–Crippen LogP) is 1.45. The Kier molecular flexibility index (Phi) is 5.30. The second-order valence-electron chi connectivity index (χ2n) is 4.92. The topological polar surface area (TPSA) is 84.9 Å². The molecule has 114 valence electrons. The number of hydrogen-bond acceptors (Lipinski definition) is 4. The summed E-state index contributed by atoms with van der Waals surface area (Å²) in [6.45, 7) is 0.563. The molecule has 1 amide bonds. The molecule has 0 saturated carbocycles. The molecular weight excluding hydrogens is 274 g/mol. The van der Waals surface area contributed by atoms with E-state index in [9.17, 15) is 9.59 Å². The molecule has 6 heteroatoms. The van der Waals surface area contributed by atoms with Gasteiger partial charge >= 0.3 is 5.97 Å². The van der Waals surface area contributed by atoms with Crippen LogP contribution in [0.25, 0.3) is 0 Å². The summed E-state index contributed by atoms with van der Waals surface area (Å²) in [5, 5.41) is 11.7. The normalized spacial score (nSPS) is 21.2. The van der Waals surface area contributed by atoms with Gasteiger partial charge in [0.15, 0.2) is 6.10 Å². The zero-order chi connectivity index (χ0) is 15.2. The SMILES string of the molecule is COCCc1ccccc1NC(=O)C1CCC(C(=O)O)O1. The van der Waals surface area contributed by atoms with Gasteiger partial charge in [0.2, 0.25) is 0 Å². The van der Waals surface area contributed by atoms with E-state index in [1.807, 2.05) is 24.3 Å². The van der Waals surface area contributed by atoms with Gasteiger partial charge in [0.1, 0.15) is 6.10 Å². The van der Waals surface area contributed by atoms with E-state index in [1.165, 1.54) is 0 Å². The van der Waals surface area contributed by atoms with Crippen molar-refractivity contribution in [1.82, 2.24) is 0 Å². The molecule has 21 heavy (non-hydrogen) atoms. The van der Waals surface area contributed by atoms with Gasteiger partial charge in [-0.1, -0.05) is 18.2 Å². The van der Waals surface area contributed by atoms with Crippen LogP contribution in [0.15, 0.2) is 24.3 Å². The van der Waals surface area contributed by atoms with E-state index < -0.39 is 18.2 Å². The molecule has 2 atom stereocenters. The first-order valence-electron chi connectivity index (χ1n) is 6.87. The minimum absolute atomic E-state index is 0.302. The third-order valence-electron chi connectivity index (χ3n) is 3.44. The number of ether oxygens (including phenoxy) is 2. The number of carbonyl (C=O) groups excluding carboxylic acids is 1. The lowest BCUT2D eigenvalue weighted by molar-refractivity contribution is -0.150. The number of rotatable bonds is 6. The van der Waals surface area contributed by atoms with Crippen molar-refractivity contribution in [1.29, 1.82) is 0 Å². The zero-order valence-electron chi connectivity index (χ0n) is 11.9. The quantitative estimate of drug-likeness (QED) is 0.829. The molecule has 1 aliphatic heterocycles. The van der Waals surface area contributed by atoms with Gasteiger partial charge in [-0.2, -0.15) is 0 Å². The summed E-state index contributed by atoms with van der Waals surface area (Å²) in [5.41, 5.74) is 1.68. The van der Waals surface area contributed by atoms with Gasteiger partial charge in [-0.25, -0.2) is 4.79 Å². The Morgan fingerprint density at radius 3 is 2.71 bits per heavy atom. The van der Waals surface area contributed by atoms with Crippen LogP contribution in [0.3, 0.4) is 0 Å². The van der Waals surface area contributed by atoms with E-state index in [2.05, 4.69) is 5.32 Å². The Bertz CT molecular complexity index is 517. The van der Waals surface area contributed by atoms with E-state index in [0.717, 1.165) is 5.56 Å². The molecule has 1 fully saturated rings. The Morgan fingerprint density at radius 1 is 1.33 bits per heavy atom. The number of amides is 1. The molecule has 2 rings (SSSR count). The van der Waals surface area contributed by atoms with Crippen LogP contribution in [0, 0.1) is 0 Å². The summed E-state index contributed by atoms with van der Waals surface area (Å²) in [6.07, 6.45) is -0.121. The summed E-state index contributed by atoms with van der Waals surface area (Å²) in [6, 6.07) is 7.46. The van der Waals surface area contributed by atoms with Crippen molar-refractivity contribution in [3.05, 3.63) is 29.8 Å². The molecule has 1 saturated heterocycles. The van der Waals surface area contributed by atoms with E-state index >= 15 is 0 Å². The van der Waals surface area contributed by atoms with Crippen LogP contribution in [0.4, 0.5) is 5.69 Å². The maximum atomic E-state index is 12.1. The number of carbonyl (C=O) groups is 2. The smallest absolute Gasteiger partial charge is 0.332 e. The highest BCUT2D eigenvalue weighted by atomic mass is 16.5. The second kappa shape index (κ2) is 7.19. The molecule has 2 unspecified atom stereocenters. The number of carboxylic acids is 1. The Hall–Kier alpha value is -1.92. The molecular formula is C15H19NO5. The average Bonchev–Trinajstić information content (AvgIpc) is 2.96. The number of aliphatic carboxylic acids is 1. The molecule has 0 spiro atoms. The lowest BCUT2D eigenvalue weighted by Crippen LogP contribution is -2.30. The van der Waals surface area contributed by atoms with Gasteiger partial charge in [-0.05, 0) is 30.9 Å². The van der Waals surface area contributed by atoms with Gasteiger partial charge in [0, 0.05) is 12.8 Å². The highest BCUT2D eigenvalue weighted by molar-refractivity contribution is 5.95. The summed E-state index contributed by atoms with van der Waals surface area (Å²) in [5.74, 6) is -1.32. The minimum Gasteiger partial charge on any atom is -0.479 e. The first-order chi connectivity index (χ1) is 10.1. The molecule has 0 aromatic heterocycles. The third-order valence-corrected chi connectivity index (χ3v) is 3.44. The van der Waals surface area contributed by atoms with Crippen LogP contribution in [-0.4, -0.2) is 42.9 Å². The predicted molar refractivity (Wildman–Crippen MR) is 76.2 cm³/mol. The maximum absolute atomic E-state index is 12.1. The Labute approximate surface area is 123 Å². The number of carboxylic acid groups (broad SMARTS) is 1. The molecule has 1 aliphatic rings. The van der Waals surface area contributed by atoms with Crippen LogP contribution in [0.2, 0.25) is 0 Å². The number of nitrogens with one attached hydrogen (secondary N) is 1. The van der Waals surface area contributed by atoms with Crippen molar-refractivity contribution in [2.75, 3.05) is 19.0 Å². The fourth-order valence-electron chi connectivity index (χ4n) is 2.30. The number of methoxy groups -OCH3 is 1. The molecule has 0 aliphatic carbocycles. The van der Waals surface area contributed by atoms with E-state index in [-0.39, 0.29) is 5.91 Å². The standard InChI is InChI=1S/C15H19NO5/c1-20-9-8-10-4-2-3-5-11(10)16-14(17)12-6-7-13(21-12)15(18)19/h2-5,12-13H,6-9H2,1H3,(H,16,17)(H,18,19). The summed E-state index contributed by atoms with van der Waals surface area (Å²) in [7, 11) is 1.62. The molecule has 0 radical (unpaired) electrons. The van der Waals surface area contributed by atoms with E-state index in [1.54, 1.807) is 7.11 Å². The van der Waals surface area contributed by atoms with Crippen molar-refractivity contribution < 1.29 is 24.2 Å². The highest BCUT2D eigenvalue weighted by Crippen LogP contribution is 2.22. The minimum atomic E-state index is -1.02. The molecule has 1 heterocycles. The first kappa shape index (κ1) is 15.5. The van der Waals surface area contributed by atoms with Gasteiger partial charge in [-0.3, -0.25) is 4.79 Å². The first-order valence-corrected chi connectivity index (χ1v) is 6.87. The van der Waals surface area contributed by atoms with Crippen molar-refractivity contribution in [3.8, 4) is 0 Å². The lowest BCUT2D eigenvalue weighted by atomic mass is 10.1. The van der Waals surface area contributed by atoms with Crippen molar-refractivity contribution in [3.63, 3.8) is 0 Å². The largest absolute Gasteiger partial charge is 0.479 e. The number of anilines is 1. The van der Waals surface area contributed by atoms with Crippen molar-refractivity contribution in [2.24, 2.45) is 0 Å². The summed E-state index contributed by atoms with van der Waals surface area (Å²) in [4.78, 5) is 23.0. The van der Waals surface area contributed by atoms with Crippen LogP contribution in [0.1, 0.15) is 18.4 Å². The number of hydrogen-bond donors (Lipinski definition) is 2. The second-order valence-corrected chi connectivity index (χ2v) is 4.92. The molecule has 6 nitrogen and oxygen atoms in total. The molecule has 0 bridgehead atoms. The summed E-state index contributed by atoms with van der Waals surface area (Å²) < 4.78 is 10.3. The third kappa shape index (κ3) is 4.03. The van der Waals surface area contributed by atoms with Gasteiger partial charge < -0.3 is 19.9 Å². The van der Waals surface area contributed by atoms with Gasteiger partial charge in [0.05, 0.1) is 6.61 Å². The van der Waals surface area contributed by atoms with Crippen LogP contribution >= 0.6 is 0 Å².